The lowest BCUT2D eigenvalue weighted by Crippen LogP contribution is -2.35. The van der Waals surface area contributed by atoms with Crippen molar-refractivity contribution in [2.75, 3.05) is 32.1 Å². The number of hydrogen-bond donors (Lipinski definition) is 1. The Kier molecular flexibility index (Phi) is 5.85. The predicted octanol–water partition coefficient (Wildman–Crippen LogP) is 3.92. The minimum absolute atomic E-state index is 0. The first-order valence-electron chi connectivity index (χ1n) is 9.92. The van der Waals surface area contributed by atoms with Gasteiger partial charge in [0.2, 0.25) is 0 Å². The van der Waals surface area contributed by atoms with E-state index in [2.05, 4.69) is 55.3 Å². The third-order valence-electron chi connectivity index (χ3n) is 5.58. The number of aryl methyl sites for hydroxylation is 1. The fourth-order valence-corrected chi connectivity index (χ4v) is 4.03. The van der Waals surface area contributed by atoms with Crippen molar-refractivity contribution in [2.24, 2.45) is 0 Å². The van der Waals surface area contributed by atoms with Crippen molar-refractivity contribution in [1.29, 1.82) is 0 Å². The van der Waals surface area contributed by atoms with Crippen LogP contribution in [0.1, 0.15) is 11.5 Å². The lowest BCUT2D eigenvalue weighted by molar-refractivity contribution is 0.130. The summed E-state index contributed by atoms with van der Waals surface area (Å²) in [5.41, 5.74) is 4.08. The van der Waals surface area contributed by atoms with Crippen molar-refractivity contribution in [3.63, 3.8) is 0 Å². The second-order valence-electron chi connectivity index (χ2n) is 7.46. The Morgan fingerprint density at radius 3 is 2.73 bits per heavy atom. The first-order valence-corrected chi connectivity index (χ1v) is 9.92. The molecule has 30 heavy (non-hydrogen) atoms. The molecule has 0 fully saturated rings. The molecule has 156 valence electrons. The maximum atomic E-state index is 5.21. The minimum Gasteiger partial charge on any atom is -0.383 e. The van der Waals surface area contributed by atoms with E-state index in [1.807, 2.05) is 19.1 Å². The predicted molar refractivity (Wildman–Crippen MR) is 122 cm³/mol. The highest BCUT2D eigenvalue weighted by Gasteiger charge is 2.20. The largest absolute Gasteiger partial charge is 0.383 e. The van der Waals surface area contributed by atoms with E-state index in [9.17, 15) is 0 Å². The van der Waals surface area contributed by atoms with Crippen molar-refractivity contribution in [3.05, 3.63) is 54.0 Å². The second-order valence-corrected chi connectivity index (χ2v) is 7.46. The Labute approximate surface area is 181 Å². The Balaban J connectivity index is 0.00000218. The topological polar surface area (TPSA) is 68.1 Å². The number of nitrogens with one attached hydrogen (secondary N) is 1. The van der Waals surface area contributed by atoms with E-state index in [4.69, 9.17) is 9.72 Å². The van der Waals surface area contributed by atoms with Crippen LogP contribution in [-0.2, 0) is 17.8 Å². The van der Waals surface area contributed by atoms with E-state index < -0.39 is 0 Å². The summed E-state index contributed by atoms with van der Waals surface area (Å²) in [4.78, 5) is 7.28. The van der Waals surface area contributed by atoms with E-state index in [0.717, 1.165) is 72.1 Å². The molecule has 0 aliphatic carbocycles. The molecule has 0 unspecified atom stereocenters. The SMILES string of the molecule is COCCN1CCn2c(nc3cc(Nc4nnc(C)c5ccccc45)ccc32)C1.Cl. The number of ether oxygens (including phenoxy) is 1. The van der Waals surface area contributed by atoms with Crippen LogP contribution in [0.25, 0.3) is 21.8 Å². The minimum atomic E-state index is 0. The number of aromatic nitrogens is 4. The number of benzene rings is 2. The average molecular weight is 425 g/mol. The van der Waals surface area contributed by atoms with E-state index in [-0.39, 0.29) is 12.4 Å². The molecule has 5 rings (SSSR count). The van der Waals surface area contributed by atoms with Crippen LogP contribution >= 0.6 is 12.4 Å². The number of hydrogen-bond acceptors (Lipinski definition) is 6. The Morgan fingerprint density at radius 1 is 1.07 bits per heavy atom. The number of anilines is 2. The van der Waals surface area contributed by atoms with Crippen LogP contribution in [0.3, 0.4) is 0 Å². The Morgan fingerprint density at radius 2 is 1.90 bits per heavy atom. The summed E-state index contributed by atoms with van der Waals surface area (Å²) in [6, 6.07) is 14.5. The summed E-state index contributed by atoms with van der Waals surface area (Å²) in [5.74, 6) is 1.88. The molecule has 4 aromatic rings. The molecule has 0 radical (unpaired) electrons. The smallest absolute Gasteiger partial charge is 0.160 e. The number of nitrogens with zero attached hydrogens (tertiary/aromatic N) is 5. The molecule has 1 aliphatic rings. The first-order chi connectivity index (χ1) is 14.2. The summed E-state index contributed by atoms with van der Waals surface area (Å²) in [5, 5.41) is 14.3. The molecule has 0 saturated carbocycles. The van der Waals surface area contributed by atoms with Gasteiger partial charge in [-0.25, -0.2) is 4.98 Å². The molecule has 1 N–H and O–H groups in total. The fraction of sp³-hybridized carbons (Fsp3) is 0.318. The lowest BCUT2D eigenvalue weighted by Gasteiger charge is -2.27. The van der Waals surface area contributed by atoms with Crippen molar-refractivity contribution in [1.82, 2.24) is 24.6 Å². The summed E-state index contributed by atoms with van der Waals surface area (Å²) >= 11 is 0. The highest BCUT2D eigenvalue weighted by Crippen LogP contribution is 2.28. The zero-order valence-electron chi connectivity index (χ0n) is 17.1. The average Bonchev–Trinajstić information content (AvgIpc) is 3.11. The number of imidazole rings is 1. The number of rotatable bonds is 5. The van der Waals surface area contributed by atoms with Gasteiger partial charge in [0.25, 0.3) is 0 Å². The van der Waals surface area contributed by atoms with Gasteiger partial charge in [0.1, 0.15) is 5.82 Å². The summed E-state index contributed by atoms with van der Waals surface area (Å²) in [7, 11) is 1.75. The molecule has 2 aromatic heterocycles. The van der Waals surface area contributed by atoms with Gasteiger partial charge in [-0.3, -0.25) is 4.90 Å². The molecule has 7 nitrogen and oxygen atoms in total. The molecule has 1 aliphatic heterocycles. The van der Waals surface area contributed by atoms with Crippen LogP contribution < -0.4 is 5.32 Å². The highest BCUT2D eigenvalue weighted by atomic mass is 35.5. The van der Waals surface area contributed by atoms with Crippen molar-refractivity contribution < 1.29 is 4.74 Å². The first kappa shape index (κ1) is 20.5. The van der Waals surface area contributed by atoms with Gasteiger partial charge in [0.15, 0.2) is 5.82 Å². The second kappa shape index (κ2) is 8.55. The lowest BCUT2D eigenvalue weighted by atomic mass is 10.1. The van der Waals surface area contributed by atoms with Gasteiger partial charge in [0.05, 0.1) is 29.9 Å². The summed E-state index contributed by atoms with van der Waals surface area (Å²) < 4.78 is 7.54. The number of halogens is 1. The van der Waals surface area contributed by atoms with Crippen LogP contribution in [0.5, 0.6) is 0 Å². The third kappa shape index (κ3) is 3.71. The Bertz CT molecular complexity index is 1190. The van der Waals surface area contributed by atoms with E-state index in [1.165, 1.54) is 5.52 Å². The molecular formula is C22H25ClN6O. The number of methoxy groups -OCH3 is 1. The van der Waals surface area contributed by atoms with Crippen molar-refractivity contribution in [2.45, 2.75) is 20.0 Å². The third-order valence-corrected chi connectivity index (χ3v) is 5.58. The normalized spacial score (nSPS) is 13.9. The summed E-state index contributed by atoms with van der Waals surface area (Å²) in [6.45, 7) is 6.50. The molecular weight excluding hydrogens is 400 g/mol. The van der Waals surface area contributed by atoms with Gasteiger partial charge in [-0.15, -0.1) is 17.5 Å². The molecule has 0 spiro atoms. The maximum Gasteiger partial charge on any atom is 0.160 e. The van der Waals surface area contributed by atoms with Crippen molar-refractivity contribution >= 4 is 45.7 Å². The van der Waals surface area contributed by atoms with Crippen LogP contribution in [0, 0.1) is 6.92 Å². The van der Waals surface area contributed by atoms with Gasteiger partial charge in [-0.1, -0.05) is 24.3 Å². The monoisotopic (exact) mass is 424 g/mol. The van der Waals surface area contributed by atoms with Crippen LogP contribution in [-0.4, -0.2) is 51.5 Å². The molecule has 0 amide bonds. The number of fused-ring (bicyclic) bond motifs is 4. The summed E-state index contributed by atoms with van der Waals surface area (Å²) in [6.07, 6.45) is 0. The molecule has 0 bridgehead atoms. The molecule has 2 aromatic carbocycles. The molecule has 8 heteroatoms. The van der Waals surface area contributed by atoms with Gasteiger partial charge in [0, 0.05) is 43.2 Å². The van der Waals surface area contributed by atoms with Gasteiger partial charge < -0.3 is 14.6 Å². The van der Waals surface area contributed by atoms with Crippen LogP contribution in [0.4, 0.5) is 11.5 Å². The maximum absolute atomic E-state index is 5.21. The van der Waals surface area contributed by atoms with Gasteiger partial charge in [-0.05, 0) is 25.1 Å². The highest BCUT2D eigenvalue weighted by molar-refractivity contribution is 5.94. The molecule has 0 saturated heterocycles. The van der Waals surface area contributed by atoms with Crippen LogP contribution in [0.15, 0.2) is 42.5 Å². The van der Waals surface area contributed by atoms with Crippen LogP contribution in [0.2, 0.25) is 0 Å². The van der Waals surface area contributed by atoms with E-state index in [1.54, 1.807) is 7.11 Å². The zero-order valence-corrected chi connectivity index (χ0v) is 17.9. The molecule has 3 heterocycles. The van der Waals surface area contributed by atoms with Gasteiger partial charge in [-0.2, -0.15) is 5.10 Å². The van der Waals surface area contributed by atoms with Gasteiger partial charge >= 0.3 is 0 Å². The van der Waals surface area contributed by atoms with Crippen molar-refractivity contribution in [3.8, 4) is 0 Å². The molecule has 0 atom stereocenters. The van der Waals surface area contributed by atoms with E-state index in [0.29, 0.717) is 0 Å². The quantitative estimate of drug-likeness (QED) is 0.523. The Hall–Kier alpha value is -2.74. The fourth-order valence-electron chi connectivity index (χ4n) is 4.03. The van der Waals surface area contributed by atoms with E-state index >= 15 is 0 Å². The zero-order chi connectivity index (χ0) is 19.8. The standard InChI is InChI=1S/C22H24N6O.ClH/c1-15-17-5-3-4-6-18(17)22(26-25-15)23-16-7-8-20-19(13-16)24-21-14-27(11-12-29-2)9-10-28(20)21;/h3-8,13H,9-12,14H2,1-2H3,(H,23,26);1H.